The van der Waals surface area contributed by atoms with Crippen molar-refractivity contribution in [3.05, 3.63) is 54.1 Å². The zero-order chi connectivity index (χ0) is 22.0. The minimum atomic E-state index is -3.33. The molecule has 2 aromatic carbocycles. The lowest BCUT2D eigenvalue weighted by atomic mass is 9.98. The number of amides is 1. The molecule has 2 heterocycles. The first-order valence-corrected chi connectivity index (χ1v) is 12.8. The van der Waals surface area contributed by atoms with Crippen LogP contribution < -0.4 is 9.64 Å². The molecule has 164 valence electrons. The SMILES string of the molecule is COc1ccc2sc(N(Cc3ccccc3)C(=O)C3CCCN(S(C)(=O)=O)C3)nc2c1. The molecule has 9 heteroatoms. The van der Waals surface area contributed by atoms with Crippen LogP contribution in [0.2, 0.25) is 0 Å². The molecular formula is C22H25N3O4S2. The van der Waals surface area contributed by atoms with Gasteiger partial charge in [-0.15, -0.1) is 0 Å². The van der Waals surface area contributed by atoms with Crippen LogP contribution in [0.4, 0.5) is 5.13 Å². The third-order valence-corrected chi connectivity index (χ3v) is 7.80. The molecule has 31 heavy (non-hydrogen) atoms. The van der Waals surface area contributed by atoms with Crippen LogP contribution in [0.25, 0.3) is 10.2 Å². The van der Waals surface area contributed by atoms with Gasteiger partial charge < -0.3 is 4.74 Å². The highest BCUT2D eigenvalue weighted by Crippen LogP contribution is 2.33. The molecule has 1 aliphatic heterocycles. The highest BCUT2D eigenvalue weighted by molar-refractivity contribution is 7.88. The highest BCUT2D eigenvalue weighted by atomic mass is 32.2. The monoisotopic (exact) mass is 459 g/mol. The van der Waals surface area contributed by atoms with Gasteiger partial charge in [-0.3, -0.25) is 9.69 Å². The van der Waals surface area contributed by atoms with E-state index in [1.54, 1.807) is 12.0 Å². The van der Waals surface area contributed by atoms with E-state index in [0.29, 0.717) is 36.8 Å². The number of hydrogen-bond donors (Lipinski definition) is 0. The van der Waals surface area contributed by atoms with Gasteiger partial charge in [0.05, 0.1) is 36.0 Å². The number of methoxy groups -OCH3 is 1. The Morgan fingerprint density at radius 2 is 2.03 bits per heavy atom. The molecule has 1 aromatic heterocycles. The summed E-state index contributed by atoms with van der Waals surface area (Å²) in [6.07, 6.45) is 2.52. The van der Waals surface area contributed by atoms with E-state index in [-0.39, 0.29) is 12.5 Å². The maximum absolute atomic E-state index is 13.6. The van der Waals surface area contributed by atoms with Crippen LogP contribution >= 0.6 is 11.3 Å². The Balaban J connectivity index is 1.68. The minimum absolute atomic E-state index is 0.0942. The highest BCUT2D eigenvalue weighted by Gasteiger charge is 2.34. The second-order valence-electron chi connectivity index (χ2n) is 7.70. The van der Waals surface area contributed by atoms with Crippen LogP contribution in [0.15, 0.2) is 48.5 Å². The van der Waals surface area contributed by atoms with E-state index < -0.39 is 15.9 Å². The van der Waals surface area contributed by atoms with Gasteiger partial charge in [-0.1, -0.05) is 41.7 Å². The van der Waals surface area contributed by atoms with E-state index in [2.05, 4.69) is 0 Å². The smallest absolute Gasteiger partial charge is 0.233 e. The van der Waals surface area contributed by atoms with Crippen LogP contribution in [0.5, 0.6) is 5.75 Å². The maximum Gasteiger partial charge on any atom is 0.233 e. The topological polar surface area (TPSA) is 79.8 Å². The number of benzene rings is 2. The van der Waals surface area contributed by atoms with Crippen molar-refractivity contribution in [1.29, 1.82) is 0 Å². The average Bonchev–Trinajstić information content (AvgIpc) is 3.20. The van der Waals surface area contributed by atoms with Crippen LogP contribution in [0, 0.1) is 5.92 Å². The molecule has 1 amide bonds. The van der Waals surface area contributed by atoms with Gasteiger partial charge in [-0.25, -0.2) is 17.7 Å². The van der Waals surface area contributed by atoms with Crippen LogP contribution in [-0.2, 0) is 21.4 Å². The number of carbonyl (C=O) groups is 1. The van der Waals surface area contributed by atoms with E-state index >= 15 is 0 Å². The van der Waals surface area contributed by atoms with Crippen molar-refractivity contribution < 1.29 is 17.9 Å². The predicted molar refractivity (Wildman–Crippen MR) is 123 cm³/mol. The molecule has 0 N–H and O–H groups in total. The molecule has 0 aliphatic carbocycles. The van der Waals surface area contributed by atoms with Crippen molar-refractivity contribution >= 4 is 42.6 Å². The van der Waals surface area contributed by atoms with Crippen LogP contribution in [0.3, 0.4) is 0 Å². The number of fused-ring (bicyclic) bond motifs is 1. The van der Waals surface area contributed by atoms with E-state index in [9.17, 15) is 13.2 Å². The minimum Gasteiger partial charge on any atom is -0.497 e. The molecular weight excluding hydrogens is 434 g/mol. The van der Waals surface area contributed by atoms with Crippen molar-refractivity contribution in [3.8, 4) is 5.75 Å². The Labute approximate surface area is 186 Å². The van der Waals surface area contributed by atoms with E-state index in [4.69, 9.17) is 9.72 Å². The lowest BCUT2D eigenvalue weighted by Gasteiger charge is -2.33. The summed E-state index contributed by atoms with van der Waals surface area (Å²) in [7, 11) is -1.73. The van der Waals surface area contributed by atoms with Gasteiger partial charge in [0.1, 0.15) is 5.75 Å². The lowest BCUT2D eigenvalue weighted by molar-refractivity contribution is -0.123. The van der Waals surface area contributed by atoms with Crippen molar-refractivity contribution in [3.63, 3.8) is 0 Å². The summed E-state index contributed by atoms with van der Waals surface area (Å²) < 4.78 is 31.7. The van der Waals surface area contributed by atoms with Gasteiger partial charge in [-0.2, -0.15) is 0 Å². The third kappa shape index (κ3) is 4.89. The fourth-order valence-corrected chi connectivity index (χ4v) is 5.67. The van der Waals surface area contributed by atoms with Crippen molar-refractivity contribution in [2.45, 2.75) is 19.4 Å². The summed E-state index contributed by atoms with van der Waals surface area (Å²) in [4.78, 5) is 20.0. The first kappa shape index (κ1) is 21.7. The second kappa shape index (κ2) is 8.94. The number of anilines is 1. The van der Waals surface area contributed by atoms with Crippen molar-refractivity contribution in [2.75, 3.05) is 31.4 Å². The Hall–Kier alpha value is -2.49. The average molecular weight is 460 g/mol. The standard InChI is InChI=1S/C22H25N3O4S2/c1-29-18-10-11-20-19(13-18)23-22(30-20)25(14-16-7-4-3-5-8-16)21(26)17-9-6-12-24(15-17)31(2,27)28/h3-5,7-8,10-11,13,17H,6,9,12,14-15H2,1-2H3. The van der Waals surface area contributed by atoms with Crippen molar-refractivity contribution in [1.82, 2.24) is 9.29 Å². The summed E-state index contributed by atoms with van der Waals surface area (Å²) in [6, 6.07) is 15.4. The molecule has 0 spiro atoms. The number of ether oxygens (including phenoxy) is 1. The summed E-state index contributed by atoms with van der Waals surface area (Å²) >= 11 is 1.45. The normalized spacial score (nSPS) is 17.5. The van der Waals surface area contributed by atoms with Crippen LogP contribution in [0.1, 0.15) is 18.4 Å². The largest absolute Gasteiger partial charge is 0.497 e. The maximum atomic E-state index is 13.6. The van der Waals surface area contributed by atoms with Gasteiger partial charge >= 0.3 is 0 Å². The molecule has 1 atom stereocenters. The zero-order valence-corrected chi connectivity index (χ0v) is 19.2. The number of carbonyl (C=O) groups excluding carboxylic acids is 1. The van der Waals surface area contributed by atoms with E-state index in [0.717, 1.165) is 15.8 Å². The predicted octanol–water partition coefficient (Wildman–Crippen LogP) is 3.51. The number of thiazole rings is 1. The summed E-state index contributed by atoms with van der Waals surface area (Å²) in [5.41, 5.74) is 1.76. The first-order valence-electron chi connectivity index (χ1n) is 10.1. The van der Waals surface area contributed by atoms with Crippen molar-refractivity contribution in [2.24, 2.45) is 5.92 Å². The molecule has 1 saturated heterocycles. The number of nitrogens with zero attached hydrogens (tertiary/aromatic N) is 3. The van der Waals surface area contributed by atoms with Crippen LogP contribution in [-0.4, -0.2) is 50.1 Å². The molecule has 4 rings (SSSR count). The zero-order valence-electron chi connectivity index (χ0n) is 17.5. The number of sulfonamides is 1. The third-order valence-electron chi connectivity index (χ3n) is 5.47. The Morgan fingerprint density at radius 1 is 1.26 bits per heavy atom. The van der Waals surface area contributed by atoms with Gasteiger partial charge in [0.2, 0.25) is 15.9 Å². The summed E-state index contributed by atoms with van der Waals surface area (Å²) in [5, 5.41) is 0.605. The van der Waals surface area contributed by atoms with E-state index in [1.807, 2.05) is 48.5 Å². The summed E-state index contributed by atoms with van der Waals surface area (Å²) in [5.74, 6) is 0.221. The molecule has 3 aromatic rings. The molecule has 1 fully saturated rings. The first-order chi connectivity index (χ1) is 14.8. The number of hydrogen-bond acceptors (Lipinski definition) is 6. The molecule has 0 bridgehead atoms. The summed E-state index contributed by atoms with van der Waals surface area (Å²) in [6.45, 7) is 1.05. The number of rotatable bonds is 6. The molecule has 1 unspecified atom stereocenters. The van der Waals surface area contributed by atoms with E-state index in [1.165, 1.54) is 21.9 Å². The lowest BCUT2D eigenvalue weighted by Crippen LogP contribution is -2.46. The molecule has 1 aliphatic rings. The Morgan fingerprint density at radius 3 is 2.74 bits per heavy atom. The fourth-order valence-electron chi connectivity index (χ4n) is 3.81. The second-order valence-corrected chi connectivity index (χ2v) is 10.7. The molecule has 7 nitrogen and oxygen atoms in total. The number of piperidine rings is 1. The van der Waals surface area contributed by atoms with Gasteiger partial charge in [-0.05, 0) is 30.5 Å². The van der Waals surface area contributed by atoms with Gasteiger partial charge in [0, 0.05) is 19.2 Å². The number of aromatic nitrogens is 1. The quantitative estimate of drug-likeness (QED) is 0.564. The van der Waals surface area contributed by atoms with Gasteiger partial charge in [0.25, 0.3) is 0 Å². The molecule has 0 radical (unpaired) electrons. The Bertz CT molecular complexity index is 1180. The van der Waals surface area contributed by atoms with Gasteiger partial charge in [0.15, 0.2) is 5.13 Å². The molecule has 0 saturated carbocycles. The Kier molecular flexibility index (Phi) is 6.27. The fraction of sp³-hybridized carbons (Fsp3) is 0.364.